The largest absolute Gasteiger partial charge is 0.493 e. The van der Waals surface area contributed by atoms with Gasteiger partial charge >= 0.3 is 0 Å². The van der Waals surface area contributed by atoms with Crippen LogP contribution in [0.1, 0.15) is 5.56 Å². The molecule has 0 unspecified atom stereocenters. The van der Waals surface area contributed by atoms with Crippen LogP contribution in [-0.4, -0.2) is 20.5 Å². The zero-order valence-corrected chi connectivity index (χ0v) is 9.75. The minimum absolute atomic E-state index is 0.00304. The van der Waals surface area contributed by atoms with E-state index in [1.165, 1.54) is 26.4 Å². The Bertz CT molecular complexity index is 429. The highest BCUT2D eigenvalue weighted by Gasteiger charge is 2.13. The molecule has 0 aliphatic heterocycles. The summed E-state index contributed by atoms with van der Waals surface area (Å²) < 4.78 is 23.6. The van der Waals surface area contributed by atoms with Crippen LogP contribution in [0.4, 0.5) is 4.39 Å². The number of carbonyl (C=O) groups excluding carboxylic acids is 1. The fourth-order valence-electron chi connectivity index (χ4n) is 1.21. The highest BCUT2D eigenvalue weighted by atomic mass is 32.1. The highest BCUT2D eigenvalue weighted by Crippen LogP contribution is 2.32. The molecule has 0 saturated heterocycles. The van der Waals surface area contributed by atoms with Crippen molar-refractivity contribution in [1.82, 2.24) is 0 Å². The Morgan fingerprint density at radius 3 is 2.56 bits per heavy atom. The molecule has 3 nitrogen and oxygen atoms in total. The van der Waals surface area contributed by atoms with Gasteiger partial charge in [0.2, 0.25) is 0 Å². The molecule has 0 bridgehead atoms. The third-order valence-electron chi connectivity index (χ3n) is 1.94. The van der Waals surface area contributed by atoms with Gasteiger partial charge in [0, 0.05) is 10.5 Å². The van der Waals surface area contributed by atoms with E-state index < -0.39 is 5.82 Å². The highest BCUT2D eigenvalue weighted by molar-refractivity contribution is 7.85. The molecule has 0 amide bonds. The van der Waals surface area contributed by atoms with Crippen molar-refractivity contribution in [2.45, 2.75) is 0 Å². The van der Waals surface area contributed by atoms with E-state index in [0.29, 0.717) is 12.0 Å². The fourth-order valence-corrected chi connectivity index (χ4v) is 1.35. The average Bonchev–Trinajstić information content (AvgIpc) is 2.31. The van der Waals surface area contributed by atoms with E-state index >= 15 is 0 Å². The number of carbonyl (C=O) groups is 1. The van der Waals surface area contributed by atoms with E-state index in [1.807, 2.05) is 0 Å². The molecule has 0 fully saturated rings. The standard InChI is InChI=1S/C11H11FO3S/c1-14-9-4-3-7(5-8(16)6-13)10(12)11(9)15-2/h3-6,16H,1-2H3/b8-5-. The first-order valence-electron chi connectivity index (χ1n) is 4.40. The smallest absolute Gasteiger partial charge is 0.197 e. The van der Waals surface area contributed by atoms with Gasteiger partial charge in [0.15, 0.2) is 23.6 Å². The molecule has 5 heteroatoms. The van der Waals surface area contributed by atoms with E-state index in [4.69, 9.17) is 9.47 Å². The van der Waals surface area contributed by atoms with Gasteiger partial charge in [-0.3, -0.25) is 4.79 Å². The monoisotopic (exact) mass is 242 g/mol. The first-order chi connectivity index (χ1) is 7.63. The van der Waals surface area contributed by atoms with Crippen molar-refractivity contribution in [3.63, 3.8) is 0 Å². The molecule has 1 aromatic rings. The first-order valence-corrected chi connectivity index (χ1v) is 4.85. The summed E-state index contributed by atoms with van der Waals surface area (Å²) in [5.74, 6) is -0.289. The van der Waals surface area contributed by atoms with Crippen LogP contribution in [0.3, 0.4) is 0 Å². The van der Waals surface area contributed by atoms with Crippen LogP contribution in [-0.2, 0) is 4.79 Å². The molecule has 86 valence electrons. The molecule has 0 radical (unpaired) electrons. The summed E-state index contributed by atoms with van der Waals surface area (Å²) in [7, 11) is 2.76. The van der Waals surface area contributed by atoms with Crippen molar-refractivity contribution in [3.05, 3.63) is 28.4 Å². The van der Waals surface area contributed by atoms with Crippen LogP contribution in [0.2, 0.25) is 0 Å². The first kappa shape index (κ1) is 12.6. The lowest BCUT2D eigenvalue weighted by atomic mass is 10.1. The lowest BCUT2D eigenvalue weighted by Crippen LogP contribution is -1.96. The topological polar surface area (TPSA) is 35.5 Å². The Morgan fingerprint density at radius 1 is 1.38 bits per heavy atom. The van der Waals surface area contributed by atoms with Gasteiger partial charge in [0.1, 0.15) is 0 Å². The van der Waals surface area contributed by atoms with E-state index in [0.717, 1.165) is 0 Å². The number of benzene rings is 1. The van der Waals surface area contributed by atoms with E-state index in [2.05, 4.69) is 12.6 Å². The fraction of sp³-hybridized carbons (Fsp3) is 0.182. The third kappa shape index (κ3) is 2.55. The number of thiol groups is 1. The number of aldehydes is 1. The molecule has 0 aliphatic carbocycles. The van der Waals surface area contributed by atoms with Crippen molar-refractivity contribution in [2.24, 2.45) is 0 Å². The van der Waals surface area contributed by atoms with Crippen molar-refractivity contribution >= 4 is 25.0 Å². The predicted molar refractivity (Wildman–Crippen MR) is 62.5 cm³/mol. The van der Waals surface area contributed by atoms with E-state index in [-0.39, 0.29) is 16.2 Å². The maximum atomic E-state index is 13.8. The maximum Gasteiger partial charge on any atom is 0.197 e. The average molecular weight is 242 g/mol. The minimum atomic E-state index is -0.588. The number of allylic oxidation sites excluding steroid dienone is 1. The molecule has 1 aromatic carbocycles. The number of ether oxygens (including phenoxy) is 2. The van der Waals surface area contributed by atoms with Gasteiger partial charge in [-0.1, -0.05) is 0 Å². The van der Waals surface area contributed by atoms with Crippen molar-refractivity contribution in [3.8, 4) is 11.5 Å². The molecule has 0 saturated carbocycles. The number of methoxy groups -OCH3 is 2. The van der Waals surface area contributed by atoms with Gasteiger partial charge in [0.05, 0.1) is 14.2 Å². The summed E-state index contributed by atoms with van der Waals surface area (Å²) in [5, 5.41) is 0. The van der Waals surface area contributed by atoms with Gasteiger partial charge in [-0.25, -0.2) is 4.39 Å². The Balaban J connectivity index is 3.29. The lowest BCUT2D eigenvalue weighted by molar-refractivity contribution is -0.104. The van der Waals surface area contributed by atoms with Crippen LogP contribution in [0, 0.1) is 5.82 Å². The summed E-state index contributed by atoms with van der Waals surface area (Å²) >= 11 is 3.86. The summed E-state index contributed by atoms with van der Waals surface area (Å²) in [4.78, 5) is 10.5. The van der Waals surface area contributed by atoms with Crippen molar-refractivity contribution in [1.29, 1.82) is 0 Å². The quantitative estimate of drug-likeness (QED) is 0.500. The second-order valence-electron chi connectivity index (χ2n) is 2.89. The van der Waals surface area contributed by atoms with Gasteiger partial charge in [0.25, 0.3) is 0 Å². The number of halogens is 1. The second kappa shape index (κ2) is 5.55. The van der Waals surface area contributed by atoms with Crippen LogP contribution >= 0.6 is 12.6 Å². The molecule has 0 aromatic heterocycles. The predicted octanol–water partition coefficient (Wildman–Crippen LogP) is 2.31. The molecule has 0 heterocycles. The van der Waals surface area contributed by atoms with E-state index in [1.54, 1.807) is 6.07 Å². The summed E-state index contributed by atoms with van der Waals surface area (Å²) in [6.45, 7) is 0. The van der Waals surface area contributed by atoms with Crippen LogP contribution in [0.5, 0.6) is 11.5 Å². The van der Waals surface area contributed by atoms with Crippen LogP contribution < -0.4 is 9.47 Å². The Kier molecular flexibility index (Phi) is 4.37. The number of rotatable bonds is 4. The zero-order valence-electron chi connectivity index (χ0n) is 8.86. The molecule has 0 aliphatic rings. The van der Waals surface area contributed by atoms with Gasteiger partial charge in [-0.15, -0.1) is 12.6 Å². The SMILES string of the molecule is COc1ccc(/C=C(\S)C=O)c(F)c1OC. The van der Waals surface area contributed by atoms with Crippen molar-refractivity contribution in [2.75, 3.05) is 14.2 Å². The zero-order chi connectivity index (χ0) is 12.1. The molecule has 1 rings (SSSR count). The van der Waals surface area contributed by atoms with Crippen molar-refractivity contribution < 1.29 is 18.7 Å². The Hall–Kier alpha value is -1.49. The summed E-state index contributed by atoms with van der Waals surface area (Å²) in [6.07, 6.45) is 1.84. The third-order valence-corrected chi connectivity index (χ3v) is 2.17. The molecule has 16 heavy (non-hydrogen) atoms. The Morgan fingerprint density at radius 2 is 2.06 bits per heavy atom. The minimum Gasteiger partial charge on any atom is -0.493 e. The van der Waals surface area contributed by atoms with Crippen LogP contribution in [0.25, 0.3) is 6.08 Å². The molecule has 0 atom stereocenters. The molecule has 0 N–H and O–H groups in total. The molecule has 0 spiro atoms. The molecular weight excluding hydrogens is 231 g/mol. The summed E-state index contributed by atoms with van der Waals surface area (Å²) in [5.41, 5.74) is 0.217. The van der Waals surface area contributed by atoms with Crippen LogP contribution in [0.15, 0.2) is 17.0 Å². The van der Waals surface area contributed by atoms with E-state index in [9.17, 15) is 9.18 Å². The number of hydrogen-bond donors (Lipinski definition) is 1. The maximum absolute atomic E-state index is 13.8. The van der Waals surface area contributed by atoms with Gasteiger partial charge in [-0.05, 0) is 18.2 Å². The normalized spacial score (nSPS) is 11.1. The molecular formula is C11H11FO3S. The van der Waals surface area contributed by atoms with Gasteiger partial charge in [-0.2, -0.15) is 0 Å². The second-order valence-corrected chi connectivity index (χ2v) is 3.41. The Labute approximate surface area is 98.3 Å². The lowest BCUT2D eigenvalue weighted by Gasteiger charge is -2.09. The number of hydrogen-bond acceptors (Lipinski definition) is 4. The summed E-state index contributed by atoms with van der Waals surface area (Å²) in [6, 6.07) is 3.04. The van der Waals surface area contributed by atoms with Gasteiger partial charge < -0.3 is 9.47 Å².